The molecule has 0 saturated carbocycles. The summed E-state index contributed by atoms with van der Waals surface area (Å²) in [5.41, 5.74) is 4.31. The Balaban J connectivity index is 1.50. The highest BCUT2D eigenvalue weighted by Gasteiger charge is 2.38. The van der Waals surface area contributed by atoms with E-state index < -0.39 is 0 Å². The fourth-order valence-corrected chi connectivity index (χ4v) is 7.25. The lowest BCUT2D eigenvalue weighted by Gasteiger charge is -2.23. The first-order valence-corrected chi connectivity index (χ1v) is 15.7. The van der Waals surface area contributed by atoms with E-state index in [1.54, 1.807) is 39.8 Å². The van der Waals surface area contributed by atoms with Crippen molar-refractivity contribution < 1.29 is 19.1 Å². The highest BCUT2D eigenvalue weighted by molar-refractivity contribution is 8.00. The number of aromatic nitrogens is 2. The molecule has 8 nitrogen and oxygen atoms in total. The number of fused-ring (bicyclic) bond motifs is 1. The Bertz CT molecular complexity index is 1520. The van der Waals surface area contributed by atoms with Gasteiger partial charge in [0.25, 0.3) is 0 Å². The van der Waals surface area contributed by atoms with E-state index in [0.29, 0.717) is 29.7 Å². The molecule has 0 aliphatic carbocycles. The van der Waals surface area contributed by atoms with Crippen LogP contribution in [0.3, 0.4) is 0 Å². The number of amides is 2. The van der Waals surface area contributed by atoms with Crippen LogP contribution in [0.2, 0.25) is 5.02 Å². The summed E-state index contributed by atoms with van der Waals surface area (Å²) in [7, 11) is 1.62. The molecule has 11 heteroatoms. The second kappa shape index (κ2) is 12.3. The zero-order valence-electron chi connectivity index (χ0n) is 22.4. The van der Waals surface area contributed by atoms with E-state index in [9.17, 15) is 9.59 Å². The molecule has 2 aliphatic rings. The molecule has 212 valence electrons. The molecule has 6 rings (SSSR count). The molecular weight excluding hydrogens is 580 g/mol. The molecule has 0 unspecified atom stereocenters. The first kappa shape index (κ1) is 27.8. The van der Waals surface area contributed by atoms with Gasteiger partial charge in [-0.3, -0.25) is 14.5 Å². The number of halogens is 1. The molecule has 2 aliphatic heterocycles. The standard InChI is InChI=1S/C30H29ClN4O4S2/c1-38-23-10-8-22(9-11-23)35-30-27(28(33-35)19-4-6-21(31)7-5-19)29(20-12-14-40-17-20)41-18-26(37)34(30)16-25(36)32-15-24-3-2-13-39-24/h4-12,14,17,24,29H,2-3,13,15-16,18H2,1H3,(H,32,36)/t24-,29+/m1/s1. The molecule has 2 atom stereocenters. The van der Waals surface area contributed by atoms with Crippen LogP contribution in [-0.4, -0.2) is 60.3 Å². The van der Waals surface area contributed by atoms with Gasteiger partial charge >= 0.3 is 0 Å². The number of hydrogen-bond donors (Lipinski definition) is 1. The fraction of sp³-hybridized carbons (Fsp3) is 0.300. The minimum Gasteiger partial charge on any atom is -0.497 e. The molecule has 2 amide bonds. The van der Waals surface area contributed by atoms with Crippen LogP contribution in [0.15, 0.2) is 65.4 Å². The lowest BCUT2D eigenvalue weighted by atomic mass is 10.0. The third-order valence-electron chi connectivity index (χ3n) is 7.22. The normalized spacial score (nSPS) is 18.7. The Kier molecular flexibility index (Phi) is 8.34. The van der Waals surface area contributed by atoms with Gasteiger partial charge < -0.3 is 14.8 Å². The summed E-state index contributed by atoms with van der Waals surface area (Å²) in [4.78, 5) is 28.6. The molecule has 1 fully saturated rings. The fourth-order valence-electron chi connectivity index (χ4n) is 5.16. The van der Waals surface area contributed by atoms with Crippen molar-refractivity contribution in [1.29, 1.82) is 0 Å². The average Bonchev–Trinajstić information content (AvgIpc) is 3.77. The Hall–Kier alpha value is -3.31. The van der Waals surface area contributed by atoms with E-state index in [2.05, 4.69) is 16.8 Å². The lowest BCUT2D eigenvalue weighted by molar-refractivity contribution is -0.123. The van der Waals surface area contributed by atoms with Crippen LogP contribution >= 0.6 is 34.7 Å². The van der Waals surface area contributed by atoms with Gasteiger partial charge in [0, 0.05) is 29.3 Å². The number of nitrogens with one attached hydrogen (secondary N) is 1. The summed E-state index contributed by atoms with van der Waals surface area (Å²) >= 11 is 9.40. The minimum atomic E-state index is -0.241. The molecule has 2 aromatic heterocycles. The molecule has 0 spiro atoms. The molecule has 1 saturated heterocycles. The van der Waals surface area contributed by atoms with Crippen LogP contribution in [0.4, 0.5) is 5.82 Å². The summed E-state index contributed by atoms with van der Waals surface area (Å²) in [5, 5.41) is 12.7. The quantitative estimate of drug-likeness (QED) is 0.275. The van der Waals surface area contributed by atoms with E-state index in [1.165, 1.54) is 0 Å². The van der Waals surface area contributed by atoms with Crippen LogP contribution in [0, 0.1) is 0 Å². The summed E-state index contributed by atoms with van der Waals surface area (Å²) < 4.78 is 12.8. The predicted octanol–water partition coefficient (Wildman–Crippen LogP) is 5.73. The number of nitrogens with zero attached hydrogens (tertiary/aromatic N) is 3. The zero-order chi connectivity index (χ0) is 28.3. The van der Waals surface area contributed by atoms with Crippen LogP contribution in [0.5, 0.6) is 5.75 Å². The molecular formula is C30H29ClN4O4S2. The molecule has 4 aromatic rings. The number of thiophene rings is 1. The Morgan fingerprint density at radius 3 is 2.66 bits per heavy atom. The molecule has 41 heavy (non-hydrogen) atoms. The third kappa shape index (κ3) is 5.88. The largest absolute Gasteiger partial charge is 0.497 e. The summed E-state index contributed by atoms with van der Waals surface area (Å²) in [6.07, 6.45) is 1.92. The maximum absolute atomic E-state index is 13.8. The van der Waals surface area contributed by atoms with Gasteiger partial charge in [0.05, 0.1) is 35.6 Å². The maximum atomic E-state index is 13.8. The van der Waals surface area contributed by atoms with Crippen molar-refractivity contribution >= 4 is 52.3 Å². The van der Waals surface area contributed by atoms with E-state index in [4.69, 9.17) is 26.2 Å². The van der Waals surface area contributed by atoms with Crippen LogP contribution in [0.1, 0.15) is 29.2 Å². The Morgan fingerprint density at radius 2 is 1.98 bits per heavy atom. The van der Waals surface area contributed by atoms with E-state index >= 15 is 0 Å². The molecule has 1 N–H and O–H groups in total. The van der Waals surface area contributed by atoms with Gasteiger partial charge in [-0.15, -0.1) is 11.8 Å². The number of carbonyl (C=O) groups excluding carboxylic acids is 2. The lowest BCUT2D eigenvalue weighted by Crippen LogP contribution is -2.44. The highest BCUT2D eigenvalue weighted by atomic mass is 35.5. The van der Waals surface area contributed by atoms with Crippen LogP contribution in [-0.2, 0) is 14.3 Å². The highest BCUT2D eigenvalue weighted by Crippen LogP contribution is 2.49. The molecule has 2 aromatic carbocycles. The van der Waals surface area contributed by atoms with Crippen molar-refractivity contribution in [3.63, 3.8) is 0 Å². The van der Waals surface area contributed by atoms with Gasteiger partial charge in [-0.2, -0.15) is 16.4 Å². The smallest absolute Gasteiger partial charge is 0.240 e. The molecule has 0 bridgehead atoms. The van der Waals surface area contributed by atoms with Gasteiger partial charge in [0.15, 0.2) is 0 Å². The number of methoxy groups -OCH3 is 1. The topological polar surface area (TPSA) is 85.7 Å². The molecule has 4 heterocycles. The second-order valence-corrected chi connectivity index (χ2v) is 12.2. The van der Waals surface area contributed by atoms with Crippen molar-refractivity contribution in [1.82, 2.24) is 15.1 Å². The van der Waals surface area contributed by atoms with Gasteiger partial charge in [-0.25, -0.2) is 4.68 Å². The number of hydrogen-bond acceptors (Lipinski definition) is 7. The van der Waals surface area contributed by atoms with E-state index in [1.807, 2.05) is 53.9 Å². The van der Waals surface area contributed by atoms with Gasteiger partial charge in [0.2, 0.25) is 11.8 Å². The zero-order valence-corrected chi connectivity index (χ0v) is 24.8. The first-order chi connectivity index (χ1) is 20.0. The van der Waals surface area contributed by atoms with Crippen molar-refractivity contribution in [3.05, 3.63) is 81.5 Å². The SMILES string of the molecule is COc1ccc(-n2nc(-c3ccc(Cl)cc3)c3c2N(CC(=O)NC[C@H]2CCCO2)C(=O)CS[C@H]3c2ccsc2)cc1. The summed E-state index contributed by atoms with van der Waals surface area (Å²) in [6, 6.07) is 17.1. The number of carbonyl (C=O) groups is 2. The second-order valence-electron chi connectivity index (χ2n) is 9.87. The molecule has 0 radical (unpaired) electrons. The van der Waals surface area contributed by atoms with Crippen molar-refractivity contribution in [2.24, 2.45) is 0 Å². The summed E-state index contributed by atoms with van der Waals surface area (Å²) in [6.45, 7) is 1.01. The number of benzene rings is 2. The van der Waals surface area contributed by atoms with Crippen LogP contribution in [0.25, 0.3) is 16.9 Å². The monoisotopic (exact) mass is 608 g/mol. The van der Waals surface area contributed by atoms with Gasteiger partial charge in [0.1, 0.15) is 18.1 Å². The number of thioether (sulfide) groups is 1. The summed E-state index contributed by atoms with van der Waals surface area (Å²) in [5.74, 6) is 1.11. The minimum absolute atomic E-state index is 0.00853. The van der Waals surface area contributed by atoms with Crippen molar-refractivity contribution in [2.75, 3.05) is 37.5 Å². The van der Waals surface area contributed by atoms with Gasteiger partial charge in [-0.1, -0.05) is 23.7 Å². The van der Waals surface area contributed by atoms with E-state index in [0.717, 1.165) is 40.9 Å². The Morgan fingerprint density at radius 1 is 1.17 bits per heavy atom. The third-order valence-corrected chi connectivity index (χ3v) is 9.43. The Labute approximate surface area is 251 Å². The first-order valence-electron chi connectivity index (χ1n) is 13.4. The average molecular weight is 609 g/mol. The van der Waals surface area contributed by atoms with Crippen LogP contribution < -0.4 is 15.0 Å². The predicted molar refractivity (Wildman–Crippen MR) is 164 cm³/mol. The number of ether oxygens (including phenoxy) is 2. The van der Waals surface area contributed by atoms with Crippen molar-refractivity contribution in [2.45, 2.75) is 24.2 Å². The van der Waals surface area contributed by atoms with E-state index in [-0.39, 0.29) is 35.5 Å². The van der Waals surface area contributed by atoms with Crippen molar-refractivity contribution in [3.8, 4) is 22.7 Å². The van der Waals surface area contributed by atoms with Gasteiger partial charge in [-0.05, 0) is 71.6 Å². The maximum Gasteiger partial charge on any atom is 0.240 e. The number of rotatable bonds is 8. The number of anilines is 1.